The summed E-state index contributed by atoms with van der Waals surface area (Å²) in [6.45, 7) is 4.23. The number of nitrogens with two attached hydrogens (primary N) is 1. The molecule has 2 aromatic carbocycles. The van der Waals surface area contributed by atoms with E-state index in [1.165, 1.54) is 6.20 Å². The number of benzene rings is 2. The van der Waals surface area contributed by atoms with Crippen LogP contribution in [0.4, 0.5) is 17.1 Å². The fourth-order valence-corrected chi connectivity index (χ4v) is 3.59. The van der Waals surface area contributed by atoms with Gasteiger partial charge in [-0.25, -0.2) is 0 Å². The zero-order chi connectivity index (χ0) is 21.8. The monoisotopic (exact) mass is 399 g/mol. The van der Waals surface area contributed by atoms with Gasteiger partial charge in [-0.05, 0) is 48.9 Å². The zero-order valence-electron chi connectivity index (χ0n) is 17.3. The van der Waals surface area contributed by atoms with Crippen LogP contribution in [0, 0.1) is 28.1 Å². The Morgan fingerprint density at radius 2 is 1.93 bits per heavy atom. The van der Waals surface area contributed by atoms with E-state index in [1.807, 2.05) is 37.3 Å². The van der Waals surface area contributed by atoms with E-state index in [0.29, 0.717) is 17.9 Å². The van der Waals surface area contributed by atoms with Gasteiger partial charge in [0.2, 0.25) is 0 Å². The minimum Gasteiger partial charge on any atom is -0.404 e. The van der Waals surface area contributed by atoms with E-state index in [9.17, 15) is 0 Å². The Labute approximate surface area is 176 Å². The third kappa shape index (κ3) is 3.80. The molecular weight excluding hydrogens is 374 g/mol. The first-order chi connectivity index (χ1) is 14.4. The minimum absolute atomic E-state index is 0.112. The second-order valence-corrected chi connectivity index (χ2v) is 7.19. The standard InChI is InChI=1S/C23H25N7/c1-15-14-29(20-7-4-17(11-24)5-8-20)22-10-18(19(12-25)13-28-3)6-9-21(22)30(16(2)26)23(15)27/h4-10,12-13,15,26-27H,14,25H2,1-3H3. The number of nitrogens with zero attached hydrogens (tertiary/aromatic N) is 4. The number of amidine groups is 2. The fraction of sp³-hybridized carbons (Fsp3) is 0.217. The van der Waals surface area contributed by atoms with Crippen LogP contribution in [0.3, 0.4) is 0 Å². The van der Waals surface area contributed by atoms with Crippen molar-refractivity contribution in [3.63, 3.8) is 0 Å². The highest BCUT2D eigenvalue weighted by Crippen LogP contribution is 2.40. The maximum atomic E-state index is 9.14. The average molecular weight is 400 g/mol. The van der Waals surface area contributed by atoms with Crippen LogP contribution in [-0.4, -0.2) is 31.5 Å². The van der Waals surface area contributed by atoms with Crippen LogP contribution >= 0.6 is 0 Å². The molecule has 1 heterocycles. The summed E-state index contributed by atoms with van der Waals surface area (Å²) in [4.78, 5) is 7.88. The Kier molecular flexibility index (Phi) is 5.98. The number of rotatable bonds is 3. The molecule has 1 aliphatic heterocycles. The van der Waals surface area contributed by atoms with Crippen molar-refractivity contribution >= 4 is 40.5 Å². The van der Waals surface area contributed by atoms with Crippen molar-refractivity contribution in [1.82, 2.24) is 0 Å². The molecule has 152 valence electrons. The molecule has 0 fully saturated rings. The van der Waals surface area contributed by atoms with E-state index in [-0.39, 0.29) is 11.8 Å². The van der Waals surface area contributed by atoms with Crippen molar-refractivity contribution in [3.05, 3.63) is 59.8 Å². The molecule has 7 heteroatoms. The van der Waals surface area contributed by atoms with Crippen molar-refractivity contribution in [2.75, 3.05) is 23.4 Å². The molecule has 4 N–H and O–H groups in total. The molecule has 0 bridgehead atoms. The summed E-state index contributed by atoms with van der Waals surface area (Å²) in [5.41, 5.74) is 10.6. The van der Waals surface area contributed by atoms with Gasteiger partial charge in [-0.1, -0.05) is 13.0 Å². The van der Waals surface area contributed by atoms with E-state index in [0.717, 1.165) is 28.2 Å². The number of allylic oxidation sites excluding steroid dienone is 1. The Hall–Kier alpha value is -3.92. The number of nitriles is 1. The van der Waals surface area contributed by atoms with Gasteiger partial charge in [0.15, 0.2) is 0 Å². The molecule has 0 aliphatic carbocycles. The summed E-state index contributed by atoms with van der Waals surface area (Å²) in [6, 6.07) is 15.4. The van der Waals surface area contributed by atoms with Gasteiger partial charge in [-0.2, -0.15) is 5.26 Å². The smallest absolute Gasteiger partial charge is 0.111 e. The number of aliphatic imine (C=N–C) groups is 1. The maximum Gasteiger partial charge on any atom is 0.111 e. The van der Waals surface area contributed by atoms with Crippen molar-refractivity contribution in [1.29, 1.82) is 16.1 Å². The maximum absolute atomic E-state index is 9.14. The molecular formula is C23H25N7. The van der Waals surface area contributed by atoms with Gasteiger partial charge in [-0.15, -0.1) is 0 Å². The Morgan fingerprint density at radius 1 is 1.23 bits per heavy atom. The Morgan fingerprint density at radius 3 is 2.50 bits per heavy atom. The third-order valence-corrected chi connectivity index (χ3v) is 5.10. The van der Waals surface area contributed by atoms with Crippen LogP contribution in [0.2, 0.25) is 0 Å². The molecule has 1 aliphatic rings. The second kappa shape index (κ2) is 8.62. The molecule has 0 spiro atoms. The summed E-state index contributed by atoms with van der Waals surface area (Å²) in [5.74, 6) is 0.545. The summed E-state index contributed by atoms with van der Waals surface area (Å²) >= 11 is 0. The van der Waals surface area contributed by atoms with E-state index in [1.54, 1.807) is 37.2 Å². The number of nitrogens with one attached hydrogen (secondary N) is 2. The van der Waals surface area contributed by atoms with Crippen LogP contribution in [0.1, 0.15) is 25.0 Å². The van der Waals surface area contributed by atoms with Gasteiger partial charge in [0.1, 0.15) is 11.7 Å². The summed E-state index contributed by atoms with van der Waals surface area (Å²) in [7, 11) is 1.69. The topological polar surface area (TPSA) is 116 Å². The first-order valence-corrected chi connectivity index (χ1v) is 9.61. The first kappa shape index (κ1) is 20.8. The largest absolute Gasteiger partial charge is 0.404 e. The minimum atomic E-state index is -0.112. The predicted molar refractivity (Wildman–Crippen MR) is 124 cm³/mol. The molecule has 3 rings (SSSR count). The molecule has 0 saturated heterocycles. The SMILES string of the molecule is CN=CC(=CN)c1ccc2c(c1)N(c1ccc(C#N)cc1)CC(C)C(=N)N2C(C)=N. The van der Waals surface area contributed by atoms with Gasteiger partial charge < -0.3 is 10.6 Å². The summed E-state index contributed by atoms with van der Waals surface area (Å²) in [5, 5.41) is 26.1. The van der Waals surface area contributed by atoms with E-state index < -0.39 is 0 Å². The van der Waals surface area contributed by atoms with Gasteiger partial charge in [0, 0.05) is 43.2 Å². The lowest BCUT2D eigenvalue weighted by atomic mass is 10.0. The molecule has 0 saturated carbocycles. The fourth-order valence-electron chi connectivity index (χ4n) is 3.59. The molecule has 0 aromatic heterocycles. The number of hydrogen-bond donors (Lipinski definition) is 3. The van der Waals surface area contributed by atoms with Crippen molar-refractivity contribution in [2.45, 2.75) is 13.8 Å². The highest BCUT2D eigenvalue weighted by atomic mass is 15.3. The Balaban J connectivity index is 2.25. The van der Waals surface area contributed by atoms with Gasteiger partial charge in [0.05, 0.1) is 23.0 Å². The van der Waals surface area contributed by atoms with Crippen molar-refractivity contribution < 1.29 is 0 Å². The highest BCUT2D eigenvalue weighted by molar-refractivity contribution is 6.20. The quantitative estimate of drug-likeness (QED) is 0.531. The van der Waals surface area contributed by atoms with Crippen LogP contribution < -0.4 is 15.5 Å². The number of anilines is 3. The lowest BCUT2D eigenvalue weighted by Gasteiger charge is -2.27. The number of hydrogen-bond acceptors (Lipinski definition) is 6. The second-order valence-electron chi connectivity index (χ2n) is 7.19. The normalized spacial score (nSPS) is 16.9. The molecule has 2 aromatic rings. The van der Waals surface area contributed by atoms with Crippen LogP contribution in [0.15, 0.2) is 53.7 Å². The zero-order valence-corrected chi connectivity index (χ0v) is 17.3. The summed E-state index contributed by atoms with van der Waals surface area (Å²) < 4.78 is 0. The first-order valence-electron chi connectivity index (χ1n) is 9.61. The summed E-state index contributed by atoms with van der Waals surface area (Å²) in [6.07, 6.45) is 3.22. The lowest BCUT2D eigenvalue weighted by molar-refractivity contribution is 0.757. The molecule has 1 unspecified atom stereocenters. The molecule has 7 nitrogen and oxygen atoms in total. The Bertz CT molecular complexity index is 1070. The molecule has 0 radical (unpaired) electrons. The van der Waals surface area contributed by atoms with Gasteiger partial charge in [-0.3, -0.25) is 20.7 Å². The van der Waals surface area contributed by atoms with Crippen molar-refractivity contribution in [2.24, 2.45) is 16.6 Å². The van der Waals surface area contributed by atoms with Crippen LogP contribution in [0.25, 0.3) is 5.57 Å². The van der Waals surface area contributed by atoms with Gasteiger partial charge in [0.25, 0.3) is 0 Å². The van der Waals surface area contributed by atoms with E-state index in [2.05, 4.69) is 16.0 Å². The number of fused-ring (bicyclic) bond motifs is 1. The highest BCUT2D eigenvalue weighted by Gasteiger charge is 2.31. The lowest BCUT2D eigenvalue weighted by Crippen LogP contribution is -2.38. The van der Waals surface area contributed by atoms with E-state index >= 15 is 0 Å². The molecule has 1 atom stereocenters. The third-order valence-electron chi connectivity index (χ3n) is 5.10. The van der Waals surface area contributed by atoms with E-state index in [4.69, 9.17) is 21.8 Å². The van der Waals surface area contributed by atoms with Gasteiger partial charge >= 0.3 is 0 Å². The predicted octanol–water partition coefficient (Wildman–Crippen LogP) is 4.13. The molecule has 30 heavy (non-hydrogen) atoms. The molecule has 0 amide bonds. The van der Waals surface area contributed by atoms with Crippen LogP contribution in [-0.2, 0) is 0 Å². The van der Waals surface area contributed by atoms with Crippen LogP contribution in [0.5, 0.6) is 0 Å². The van der Waals surface area contributed by atoms with Crippen molar-refractivity contribution in [3.8, 4) is 6.07 Å². The average Bonchev–Trinajstić information content (AvgIpc) is 2.86.